The molecule has 1 fully saturated rings. The first-order valence-electron chi connectivity index (χ1n) is 6.75. The van der Waals surface area contributed by atoms with Gasteiger partial charge in [-0.15, -0.1) is 0 Å². The lowest BCUT2D eigenvalue weighted by atomic mass is 9.87. The zero-order valence-corrected chi connectivity index (χ0v) is 10.3. The van der Waals surface area contributed by atoms with E-state index in [0.717, 1.165) is 38.5 Å². The van der Waals surface area contributed by atoms with Gasteiger partial charge in [0.25, 0.3) is 0 Å². The number of carbonyl (C=O) groups is 1. The Kier molecular flexibility index (Phi) is 4.60. The van der Waals surface area contributed by atoms with Gasteiger partial charge in [0.2, 0.25) is 0 Å². The Morgan fingerprint density at radius 3 is 2.88 bits per heavy atom. The zero-order chi connectivity index (χ0) is 12.1. The second kappa shape index (κ2) is 6.20. The minimum Gasteiger partial charge on any atom is -0.465 e. The molecule has 2 aliphatic carbocycles. The van der Waals surface area contributed by atoms with E-state index in [-0.39, 0.29) is 18.0 Å². The van der Waals surface area contributed by atoms with Crippen LogP contribution in [-0.2, 0) is 9.53 Å². The SMILES string of the molecule is O=C(OCC1CC=CCC1)C1CCCC(O)C1. The molecule has 1 saturated carbocycles. The van der Waals surface area contributed by atoms with Crippen LogP contribution in [0.4, 0.5) is 0 Å². The molecule has 0 aromatic rings. The molecule has 0 amide bonds. The van der Waals surface area contributed by atoms with E-state index in [9.17, 15) is 9.90 Å². The van der Waals surface area contributed by atoms with Crippen LogP contribution in [0.2, 0.25) is 0 Å². The number of rotatable bonds is 3. The molecule has 2 rings (SSSR count). The van der Waals surface area contributed by atoms with Crippen molar-refractivity contribution < 1.29 is 14.6 Å². The molecule has 0 saturated heterocycles. The molecule has 2 aliphatic rings. The number of hydrogen-bond acceptors (Lipinski definition) is 3. The maximum absolute atomic E-state index is 11.8. The monoisotopic (exact) mass is 238 g/mol. The van der Waals surface area contributed by atoms with Gasteiger partial charge in [0, 0.05) is 0 Å². The normalized spacial score (nSPS) is 33.4. The van der Waals surface area contributed by atoms with E-state index in [2.05, 4.69) is 12.2 Å². The van der Waals surface area contributed by atoms with Gasteiger partial charge in [-0.25, -0.2) is 0 Å². The first kappa shape index (κ1) is 12.6. The van der Waals surface area contributed by atoms with Gasteiger partial charge in [0.1, 0.15) is 0 Å². The van der Waals surface area contributed by atoms with Crippen molar-refractivity contribution in [3.63, 3.8) is 0 Å². The summed E-state index contributed by atoms with van der Waals surface area (Å²) in [4.78, 5) is 11.8. The van der Waals surface area contributed by atoms with Crippen molar-refractivity contribution in [2.75, 3.05) is 6.61 Å². The van der Waals surface area contributed by atoms with Crippen LogP contribution in [0, 0.1) is 11.8 Å². The highest BCUT2D eigenvalue weighted by Crippen LogP contribution is 2.26. The quantitative estimate of drug-likeness (QED) is 0.607. The van der Waals surface area contributed by atoms with Crippen molar-refractivity contribution >= 4 is 5.97 Å². The van der Waals surface area contributed by atoms with Gasteiger partial charge in [-0.3, -0.25) is 4.79 Å². The molecule has 3 unspecified atom stereocenters. The zero-order valence-electron chi connectivity index (χ0n) is 10.3. The van der Waals surface area contributed by atoms with Crippen molar-refractivity contribution in [1.82, 2.24) is 0 Å². The van der Waals surface area contributed by atoms with Gasteiger partial charge in [0.15, 0.2) is 0 Å². The smallest absolute Gasteiger partial charge is 0.309 e. The Labute approximate surface area is 103 Å². The molecule has 3 heteroatoms. The Morgan fingerprint density at radius 1 is 1.29 bits per heavy atom. The third kappa shape index (κ3) is 3.84. The number of ether oxygens (including phenoxy) is 1. The number of hydrogen-bond donors (Lipinski definition) is 1. The van der Waals surface area contributed by atoms with Crippen molar-refractivity contribution in [2.45, 2.75) is 51.0 Å². The first-order valence-corrected chi connectivity index (χ1v) is 6.75. The lowest BCUT2D eigenvalue weighted by Crippen LogP contribution is -2.28. The van der Waals surface area contributed by atoms with Crippen LogP contribution < -0.4 is 0 Å². The number of carbonyl (C=O) groups excluding carboxylic acids is 1. The Bertz CT molecular complexity index is 285. The molecule has 0 spiro atoms. The Hall–Kier alpha value is -0.830. The number of esters is 1. The van der Waals surface area contributed by atoms with Crippen molar-refractivity contribution in [3.05, 3.63) is 12.2 Å². The summed E-state index contributed by atoms with van der Waals surface area (Å²) >= 11 is 0. The maximum atomic E-state index is 11.8. The molecule has 96 valence electrons. The molecular weight excluding hydrogens is 216 g/mol. The average molecular weight is 238 g/mol. The van der Waals surface area contributed by atoms with E-state index in [0.29, 0.717) is 18.9 Å². The summed E-state index contributed by atoms with van der Waals surface area (Å²) in [5.74, 6) is 0.327. The van der Waals surface area contributed by atoms with Crippen molar-refractivity contribution in [1.29, 1.82) is 0 Å². The van der Waals surface area contributed by atoms with Crippen molar-refractivity contribution in [3.8, 4) is 0 Å². The summed E-state index contributed by atoms with van der Waals surface area (Å²) < 4.78 is 5.39. The van der Waals surface area contributed by atoms with E-state index < -0.39 is 0 Å². The average Bonchev–Trinajstić information content (AvgIpc) is 2.37. The summed E-state index contributed by atoms with van der Waals surface area (Å²) in [5, 5.41) is 9.53. The fourth-order valence-corrected chi connectivity index (χ4v) is 2.70. The van der Waals surface area contributed by atoms with E-state index >= 15 is 0 Å². The van der Waals surface area contributed by atoms with Crippen LogP contribution >= 0.6 is 0 Å². The van der Waals surface area contributed by atoms with Crippen molar-refractivity contribution in [2.24, 2.45) is 11.8 Å². The number of aliphatic hydroxyl groups is 1. The summed E-state index contributed by atoms with van der Waals surface area (Å²) in [6, 6.07) is 0. The fraction of sp³-hybridized carbons (Fsp3) is 0.786. The molecule has 0 heterocycles. The van der Waals surface area contributed by atoms with E-state index in [1.807, 2.05) is 0 Å². The Morgan fingerprint density at radius 2 is 2.18 bits per heavy atom. The lowest BCUT2D eigenvalue weighted by molar-refractivity contribution is -0.152. The van der Waals surface area contributed by atoms with Crippen LogP contribution in [0.5, 0.6) is 0 Å². The molecule has 0 bridgehead atoms. The van der Waals surface area contributed by atoms with Crippen LogP contribution in [0.3, 0.4) is 0 Å². The van der Waals surface area contributed by atoms with Gasteiger partial charge >= 0.3 is 5.97 Å². The molecule has 3 nitrogen and oxygen atoms in total. The van der Waals surface area contributed by atoms with Gasteiger partial charge in [-0.05, 0) is 44.4 Å². The van der Waals surface area contributed by atoms with Crippen LogP contribution in [0.1, 0.15) is 44.9 Å². The van der Waals surface area contributed by atoms with Gasteiger partial charge in [0.05, 0.1) is 18.6 Å². The van der Waals surface area contributed by atoms with Gasteiger partial charge < -0.3 is 9.84 Å². The summed E-state index contributed by atoms with van der Waals surface area (Å²) in [7, 11) is 0. The standard InChI is InChI=1S/C14H22O3/c15-13-8-4-7-12(9-13)14(16)17-10-11-5-2-1-3-6-11/h1-2,11-13,15H,3-10H2. The highest BCUT2D eigenvalue weighted by Gasteiger charge is 2.27. The van der Waals surface area contributed by atoms with Gasteiger partial charge in [-0.1, -0.05) is 18.6 Å². The summed E-state index contributed by atoms with van der Waals surface area (Å²) in [5.41, 5.74) is 0. The first-order chi connectivity index (χ1) is 8.25. The summed E-state index contributed by atoms with van der Waals surface area (Å²) in [6.45, 7) is 0.551. The second-order valence-electron chi connectivity index (χ2n) is 5.30. The minimum absolute atomic E-state index is 0.0714. The predicted octanol–water partition coefficient (Wildman–Crippen LogP) is 2.44. The molecule has 17 heavy (non-hydrogen) atoms. The van der Waals surface area contributed by atoms with Gasteiger partial charge in [-0.2, -0.15) is 0 Å². The number of allylic oxidation sites excluding steroid dienone is 2. The topological polar surface area (TPSA) is 46.5 Å². The van der Waals surface area contributed by atoms with E-state index in [1.54, 1.807) is 0 Å². The largest absolute Gasteiger partial charge is 0.465 e. The molecule has 0 aliphatic heterocycles. The van der Waals surface area contributed by atoms with Crippen LogP contribution in [0.15, 0.2) is 12.2 Å². The van der Waals surface area contributed by atoms with Crippen LogP contribution in [-0.4, -0.2) is 23.8 Å². The third-order valence-electron chi connectivity index (χ3n) is 3.82. The molecule has 1 N–H and O–H groups in total. The fourth-order valence-electron chi connectivity index (χ4n) is 2.70. The van der Waals surface area contributed by atoms with E-state index in [1.165, 1.54) is 0 Å². The molecule has 3 atom stereocenters. The summed E-state index contributed by atoms with van der Waals surface area (Å²) in [6.07, 6.45) is 10.5. The third-order valence-corrected chi connectivity index (χ3v) is 3.82. The Balaban J connectivity index is 1.71. The highest BCUT2D eigenvalue weighted by molar-refractivity contribution is 5.72. The second-order valence-corrected chi connectivity index (χ2v) is 5.30. The number of aliphatic hydroxyl groups excluding tert-OH is 1. The van der Waals surface area contributed by atoms with E-state index in [4.69, 9.17) is 4.74 Å². The molecule has 0 aromatic carbocycles. The molecule has 0 aromatic heterocycles. The lowest BCUT2D eigenvalue weighted by Gasteiger charge is -2.25. The maximum Gasteiger partial charge on any atom is 0.309 e. The van der Waals surface area contributed by atoms with Crippen LogP contribution in [0.25, 0.3) is 0 Å². The minimum atomic E-state index is -0.307. The molecular formula is C14H22O3. The molecule has 0 radical (unpaired) electrons. The highest BCUT2D eigenvalue weighted by atomic mass is 16.5. The predicted molar refractivity (Wildman–Crippen MR) is 65.4 cm³/mol.